The summed E-state index contributed by atoms with van der Waals surface area (Å²) in [6.07, 6.45) is 0. The highest BCUT2D eigenvalue weighted by atomic mass is 16.5. The summed E-state index contributed by atoms with van der Waals surface area (Å²) >= 11 is 0. The molecule has 0 N–H and O–H groups in total. The number of aryl methyl sites for hydroxylation is 2. The molecule has 0 amide bonds. The molecule has 0 saturated carbocycles. The van der Waals surface area contributed by atoms with Gasteiger partial charge in [0.05, 0.1) is 42.7 Å². The van der Waals surface area contributed by atoms with Crippen LogP contribution in [0.4, 0.5) is 0 Å². The Morgan fingerprint density at radius 3 is 1.03 bits per heavy atom. The number of hydrogen-bond donors (Lipinski definition) is 0. The van der Waals surface area contributed by atoms with Crippen LogP contribution in [0.3, 0.4) is 0 Å². The molecule has 0 aliphatic rings. The van der Waals surface area contributed by atoms with Crippen molar-refractivity contribution in [3.63, 3.8) is 0 Å². The Labute approximate surface area is 199 Å². The van der Waals surface area contributed by atoms with Crippen molar-refractivity contribution < 1.29 is 28.4 Å². The maximum atomic E-state index is 6.02. The molecule has 0 saturated heterocycles. The van der Waals surface area contributed by atoms with Crippen molar-refractivity contribution in [1.29, 1.82) is 0 Å². The monoisotopic (exact) mass is 462 g/mol. The van der Waals surface area contributed by atoms with Gasteiger partial charge in [0.25, 0.3) is 0 Å². The van der Waals surface area contributed by atoms with Crippen molar-refractivity contribution in [2.75, 3.05) is 42.7 Å². The van der Waals surface area contributed by atoms with E-state index in [4.69, 9.17) is 28.4 Å². The molecular formula is C28H30O6. The fraction of sp³-hybridized carbons (Fsp3) is 0.286. The van der Waals surface area contributed by atoms with Gasteiger partial charge in [-0.1, -0.05) is 12.1 Å². The third-order valence-electron chi connectivity index (χ3n) is 6.25. The highest BCUT2D eigenvalue weighted by molar-refractivity contribution is 6.04. The van der Waals surface area contributed by atoms with Crippen molar-refractivity contribution in [3.05, 3.63) is 47.5 Å². The Hall–Kier alpha value is -3.80. The maximum absolute atomic E-state index is 6.02. The molecule has 4 aromatic carbocycles. The lowest BCUT2D eigenvalue weighted by molar-refractivity contribution is 0.355. The van der Waals surface area contributed by atoms with Crippen LogP contribution in [0.5, 0.6) is 34.5 Å². The Kier molecular flexibility index (Phi) is 6.33. The highest BCUT2D eigenvalue weighted by Gasteiger charge is 2.23. The van der Waals surface area contributed by atoms with E-state index in [-0.39, 0.29) is 0 Å². The summed E-state index contributed by atoms with van der Waals surface area (Å²) in [4.78, 5) is 0. The zero-order valence-corrected chi connectivity index (χ0v) is 20.9. The molecular weight excluding hydrogens is 432 g/mol. The predicted molar refractivity (Wildman–Crippen MR) is 136 cm³/mol. The Morgan fingerprint density at radius 2 is 0.735 bits per heavy atom. The molecule has 6 nitrogen and oxygen atoms in total. The quantitative estimate of drug-likeness (QED) is 0.320. The van der Waals surface area contributed by atoms with Crippen LogP contribution < -0.4 is 28.4 Å². The van der Waals surface area contributed by atoms with Crippen LogP contribution in [0.2, 0.25) is 0 Å². The Balaban J connectivity index is 2.12. The molecule has 178 valence electrons. The van der Waals surface area contributed by atoms with Gasteiger partial charge in [-0.2, -0.15) is 0 Å². The first-order valence-electron chi connectivity index (χ1n) is 10.9. The highest BCUT2D eigenvalue weighted by Crippen LogP contribution is 2.50. The number of hydrogen-bond acceptors (Lipinski definition) is 6. The lowest BCUT2D eigenvalue weighted by Crippen LogP contribution is -2.00. The summed E-state index contributed by atoms with van der Waals surface area (Å²) in [6.45, 7) is 4.15. The second-order valence-corrected chi connectivity index (χ2v) is 8.06. The number of methoxy groups -OCH3 is 6. The normalized spacial score (nSPS) is 10.9. The van der Waals surface area contributed by atoms with E-state index in [0.717, 1.165) is 55.3 Å². The molecule has 34 heavy (non-hydrogen) atoms. The van der Waals surface area contributed by atoms with Gasteiger partial charge in [-0.25, -0.2) is 0 Å². The molecule has 0 unspecified atom stereocenters. The van der Waals surface area contributed by atoms with Crippen LogP contribution >= 0.6 is 0 Å². The maximum Gasteiger partial charge on any atom is 0.161 e. The second-order valence-electron chi connectivity index (χ2n) is 8.06. The summed E-state index contributed by atoms with van der Waals surface area (Å²) in [5.41, 5.74) is 4.04. The minimum absolute atomic E-state index is 0.641. The largest absolute Gasteiger partial charge is 0.495 e. The first-order chi connectivity index (χ1) is 16.4. The van der Waals surface area contributed by atoms with Crippen LogP contribution in [0.1, 0.15) is 11.1 Å². The molecule has 0 bridgehead atoms. The third-order valence-corrected chi connectivity index (χ3v) is 6.25. The van der Waals surface area contributed by atoms with Gasteiger partial charge < -0.3 is 28.4 Å². The topological polar surface area (TPSA) is 55.4 Å². The van der Waals surface area contributed by atoms with Crippen LogP contribution in [-0.2, 0) is 0 Å². The summed E-state index contributed by atoms with van der Waals surface area (Å²) in [5.74, 6) is 4.12. The zero-order valence-electron chi connectivity index (χ0n) is 20.9. The average Bonchev–Trinajstić information content (AvgIpc) is 2.85. The first-order valence-corrected chi connectivity index (χ1v) is 10.9. The van der Waals surface area contributed by atoms with Crippen LogP contribution in [0, 0.1) is 13.8 Å². The molecule has 4 rings (SSSR count). The number of benzene rings is 4. The molecule has 0 heterocycles. The van der Waals surface area contributed by atoms with E-state index in [0.29, 0.717) is 23.0 Å². The number of rotatable bonds is 7. The standard InChI is InChI=1S/C28H30O6/c1-15-9-17-11-21(29-3)23(31-5)13-19(17)27(33-7)25(15)26-16(2)10-18-12-22(30-4)24(32-6)14-20(18)28(26)34-8/h9-14H,1-8H3. The minimum Gasteiger partial charge on any atom is -0.495 e. The van der Waals surface area contributed by atoms with Gasteiger partial charge in [0.1, 0.15) is 11.5 Å². The zero-order chi connectivity index (χ0) is 24.6. The van der Waals surface area contributed by atoms with E-state index in [1.165, 1.54) is 0 Å². The molecule has 0 aliphatic heterocycles. The fourth-order valence-electron chi connectivity index (χ4n) is 4.71. The number of ether oxygens (including phenoxy) is 6. The van der Waals surface area contributed by atoms with Crippen molar-refractivity contribution >= 4 is 21.5 Å². The second kappa shape index (κ2) is 9.21. The number of fused-ring (bicyclic) bond motifs is 2. The van der Waals surface area contributed by atoms with E-state index < -0.39 is 0 Å². The van der Waals surface area contributed by atoms with E-state index in [1.807, 2.05) is 24.3 Å². The fourth-order valence-corrected chi connectivity index (χ4v) is 4.71. The Bertz CT molecular complexity index is 1280. The molecule has 0 aliphatic carbocycles. The predicted octanol–water partition coefficient (Wildman–Crippen LogP) is 6.33. The van der Waals surface area contributed by atoms with Crippen LogP contribution in [0.25, 0.3) is 32.7 Å². The summed E-state index contributed by atoms with van der Waals surface area (Å²) < 4.78 is 34.2. The van der Waals surface area contributed by atoms with E-state index >= 15 is 0 Å². The van der Waals surface area contributed by atoms with E-state index in [2.05, 4.69) is 26.0 Å². The van der Waals surface area contributed by atoms with Gasteiger partial charge >= 0.3 is 0 Å². The van der Waals surface area contributed by atoms with E-state index in [9.17, 15) is 0 Å². The van der Waals surface area contributed by atoms with Gasteiger partial charge in [0, 0.05) is 21.9 Å². The van der Waals surface area contributed by atoms with Gasteiger partial charge in [-0.15, -0.1) is 0 Å². The first kappa shape index (κ1) is 23.4. The minimum atomic E-state index is 0.641. The van der Waals surface area contributed by atoms with Crippen LogP contribution in [-0.4, -0.2) is 42.7 Å². The molecule has 0 fully saturated rings. The van der Waals surface area contributed by atoms with Gasteiger partial charge in [0.15, 0.2) is 23.0 Å². The molecule has 0 atom stereocenters. The average molecular weight is 463 g/mol. The molecule has 0 radical (unpaired) electrons. The summed E-state index contributed by atoms with van der Waals surface area (Å²) in [5, 5.41) is 3.85. The van der Waals surface area contributed by atoms with Crippen LogP contribution in [0.15, 0.2) is 36.4 Å². The smallest absolute Gasteiger partial charge is 0.161 e. The molecule has 6 heteroatoms. The van der Waals surface area contributed by atoms with Crippen molar-refractivity contribution in [2.45, 2.75) is 13.8 Å². The summed E-state index contributed by atoms with van der Waals surface area (Å²) in [7, 11) is 9.90. The van der Waals surface area contributed by atoms with Crippen molar-refractivity contribution in [3.8, 4) is 45.6 Å². The van der Waals surface area contributed by atoms with Gasteiger partial charge in [0.2, 0.25) is 0 Å². The van der Waals surface area contributed by atoms with Crippen molar-refractivity contribution in [1.82, 2.24) is 0 Å². The van der Waals surface area contributed by atoms with E-state index in [1.54, 1.807) is 42.7 Å². The molecule has 0 aromatic heterocycles. The van der Waals surface area contributed by atoms with Crippen molar-refractivity contribution in [2.24, 2.45) is 0 Å². The SMILES string of the molecule is COc1cc2cc(C)c(-c3c(C)cc4cc(OC)c(OC)cc4c3OC)c(OC)c2cc1OC. The molecule has 0 spiro atoms. The lowest BCUT2D eigenvalue weighted by atomic mass is 9.89. The molecule has 4 aromatic rings. The van der Waals surface area contributed by atoms with Gasteiger partial charge in [-0.05, 0) is 60.0 Å². The summed E-state index contributed by atoms with van der Waals surface area (Å²) in [6, 6.07) is 12.1. The lowest BCUT2D eigenvalue weighted by Gasteiger charge is -2.22. The Morgan fingerprint density at radius 1 is 0.412 bits per heavy atom. The third kappa shape index (κ3) is 3.59. The van der Waals surface area contributed by atoms with Gasteiger partial charge in [-0.3, -0.25) is 0 Å².